The van der Waals surface area contributed by atoms with Gasteiger partial charge in [-0.15, -0.1) is 29.0 Å². The largest absolute Gasteiger partial charge is 0.512 e. The van der Waals surface area contributed by atoms with E-state index in [2.05, 4.69) is 48.1 Å². The number of ketones is 1. The normalized spacial score (nSPS) is 12.0. The third kappa shape index (κ3) is 8.14. The van der Waals surface area contributed by atoms with Crippen LogP contribution in [-0.2, 0) is 31.3 Å². The number of hydrogen-bond donors (Lipinski definition) is 1. The predicted octanol–water partition coefficient (Wildman–Crippen LogP) is 12.0. The van der Waals surface area contributed by atoms with Gasteiger partial charge in [0, 0.05) is 63.9 Å². The Morgan fingerprint density at radius 2 is 1.67 bits per heavy atom. The second-order valence-electron chi connectivity index (χ2n) is 13.2. The second-order valence-corrected chi connectivity index (χ2v) is 14.3. The number of halogens is 1. The minimum atomic E-state index is -0.271. The smallest absolute Gasteiger partial charge is 0.162 e. The van der Waals surface area contributed by atoms with Gasteiger partial charge in [0.05, 0.1) is 16.9 Å². The van der Waals surface area contributed by atoms with Crippen molar-refractivity contribution in [2.24, 2.45) is 17.8 Å². The van der Waals surface area contributed by atoms with E-state index in [0.29, 0.717) is 22.5 Å². The maximum absolute atomic E-state index is 14.9. The molecule has 1 radical (unpaired) electrons. The van der Waals surface area contributed by atoms with E-state index in [0.717, 1.165) is 75.5 Å². The van der Waals surface area contributed by atoms with Crippen molar-refractivity contribution in [1.29, 1.82) is 0 Å². The first-order chi connectivity index (χ1) is 23.0. The zero-order valence-corrected chi connectivity index (χ0v) is 32.9. The second kappa shape index (κ2) is 16.5. The Bertz CT molecular complexity index is 2120. The van der Waals surface area contributed by atoms with Crippen LogP contribution in [0.15, 0.2) is 59.0 Å². The molecule has 0 bridgehead atoms. The molecule has 0 saturated carbocycles. The molecule has 6 aromatic rings. The van der Waals surface area contributed by atoms with Crippen molar-refractivity contribution in [3.8, 4) is 11.3 Å². The van der Waals surface area contributed by atoms with E-state index >= 15 is 0 Å². The average molecular weight is 858 g/mol. The topological polar surface area (TPSA) is 76.2 Å². The molecule has 6 rings (SSSR count). The number of carbonyl (C=O) groups is 1. The van der Waals surface area contributed by atoms with Gasteiger partial charge < -0.3 is 9.52 Å². The Balaban J connectivity index is 0.000000290. The molecule has 5 nitrogen and oxygen atoms in total. The SMILES string of the molecule is CCC(CC)C(=O)/C=C(\O)C(CC)CC.Cc1[c-]c(-c2ncnc3c2sc2cc(CC(C)C)ccc23)c2oc3cc(C)cc(F)c3c2c1.[Ir]. The molecular formula is C41H46FIrN2O3S-. The van der Waals surface area contributed by atoms with Crippen molar-refractivity contribution >= 4 is 59.4 Å². The zero-order chi connectivity index (χ0) is 34.7. The molecule has 3 aromatic carbocycles. The van der Waals surface area contributed by atoms with Crippen molar-refractivity contribution in [3.05, 3.63) is 83.1 Å². The molecule has 49 heavy (non-hydrogen) atoms. The van der Waals surface area contributed by atoms with Gasteiger partial charge in [-0.1, -0.05) is 71.5 Å². The molecule has 0 amide bonds. The molecule has 3 aromatic heterocycles. The number of allylic oxidation sites excluding steroid dienone is 2. The van der Waals surface area contributed by atoms with Gasteiger partial charge in [-0.25, -0.2) is 9.37 Å². The summed E-state index contributed by atoms with van der Waals surface area (Å²) in [6.45, 7) is 16.4. The standard InChI is InChI=1S/C28H22FN2OS.C13H24O2.Ir/c1-14(2)7-17-5-6-18-23(12-17)33-28-25(18)30-13-31-26(28)20-9-15(3)8-19-24-21(29)10-16(4)11-22(24)32-27(19)20;1-5-10(6-2)12(14)9-13(15)11(7-3)8-4;/h5-6,8,10-14H,7H2,1-4H3;9-11,14H,5-8H2,1-4H3;/q-1;;/b;12-9-;. The number of hydrogen-bond acceptors (Lipinski definition) is 6. The van der Waals surface area contributed by atoms with Gasteiger partial charge in [-0.05, 0) is 74.3 Å². The molecule has 261 valence electrons. The number of fused-ring (bicyclic) bond motifs is 6. The van der Waals surface area contributed by atoms with Gasteiger partial charge in [-0.2, -0.15) is 0 Å². The average Bonchev–Trinajstić information content (AvgIpc) is 3.59. The molecule has 0 atom stereocenters. The third-order valence-electron chi connectivity index (χ3n) is 9.11. The first-order valence-electron chi connectivity index (χ1n) is 17.1. The fraction of sp³-hybridized carbons (Fsp3) is 0.390. The number of aliphatic hydroxyl groups excluding tert-OH is 1. The van der Waals surface area contributed by atoms with E-state index in [1.165, 1.54) is 16.3 Å². The molecule has 1 N–H and O–H groups in total. The quantitative estimate of drug-likeness (QED) is 0.0844. The molecule has 0 spiro atoms. The number of thiophene rings is 1. The number of furan rings is 1. The van der Waals surface area contributed by atoms with Gasteiger partial charge in [0.25, 0.3) is 0 Å². The van der Waals surface area contributed by atoms with Crippen LogP contribution in [0.25, 0.3) is 53.5 Å². The number of carbonyl (C=O) groups excluding carboxylic acids is 1. The summed E-state index contributed by atoms with van der Waals surface area (Å²) in [7, 11) is 0. The van der Waals surface area contributed by atoms with Crippen molar-refractivity contribution in [3.63, 3.8) is 0 Å². The van der Waals surface area contributed by atoms with Gasteiger partial charge in [0.2, 0.25) is 0 Å². The number of aromatic nitrogens is 2. The molecule has 0 saturated heterocycles. The Labute approximate surface area is 306 Å². The Morgan fingerprint density at radius 3 is 2.33 bits per heavy atom. The number of aryl methyl sites for hydroxylation is 2. The van der Waals surface area contributed by atoms with Crippen LogP contribution in [0, 0.1) is 43.5 Å². The van der Waals surface area contributed by atoms with E-state index < -0.39 is 0 Å². The number of benzene rings is 3. The summed E-state index contributed by atoms with van der Waals surface area (Å²) in [6, 6.07) is 15.4. The molecule has 0 aliphatic carbocycles. The third-order valence-corrected chi connectivity index (χ3v) is 10.3. The maximum atomic E-state index is 14.9. The van der Waals surface area contributed by atoms with Crippen molar-refractivity contribution in [1.82, 2.24) is 9.97 Å². The van der Waals surface area contributed by atoms with E-state index in [9.17, 15) is 14.3 Å². The summed E-state index contributed by atoms with van der Waals surface area (Å²) in [5, 5.41) is 12.1. The van der Waals surface area contributed by atoms with Crippen LogP contribution in [0.3, 0.4) is 0 Å². The summed E-state index contributed by atoms with van der Waals surface area (Å²) in [5.74, 6) is 0.873. The first-order valence-corrected chi connectivity index (χ1v) is 18.0. The van der Waals surface area contributed by atoms with Crippen LogP contribution >= 0.6 is 11.3 Å². The van der Waals surface area contributed by atoms with Crippen molar-refractivity contribution in [2.45, 2.75) is 87.5 Å². The number of rotatable bonds is 10. The van der Waals surface area contributed by atoms with Gasteiger partial charge in [0.15, 0.2) is 5.78 Å². The van der Waals surface area contributed by atoms with Crippen LogP contribution in [0.2, 0.25) is 0 Å². The van der Waals surface area contributed by atoms with E-state index in [1.54, 1.807) is 23.7 Å². The minimum Gasteiger partial charge on any atom is -0.512 e. The number of aliphatic hydroxyl groups is 1. The Kier molecular flexibility index (Phi) is 12.9. The predicted molar refractivity (Wildman–Crippen MR) is 198 cm³/mol. The minimum absolute atomic E-state index is 0. The van der Waals surface area contributed by atoms with E-state index in [1.807, 2.05) is 53.7 Å². The summed E-state index contributed by atoms with van der Waals surface area (Å²) in [6.07, 6.45) is 7.55. The molecular weight excluding hydrogens is 812 g/mol. The van der Waals surface area contributed by atoms with Crippen LogP contribution in [-0.4, -0.2) is 20.9 Å². The summed E-state index contributed by atoms with van der Waals surface area (Å²) in [4.78, 5) is 21.0. The monoisotopic (exact) mass is 858 g/mol. The Hall–Kier alpha value is -3.45. The fourth-order valence-corrected chi connectivity index (χ4v) is 7.72. The number of nitrogens with zero attached hydrogens (tertiary/aromatic N) is 2. The summed E-state index contributed by atoms with van der Waals surface area (Å²) < 4.78 is 23.3. The first kappa shape index (κ1) is 38.4. The van der Waals surface area contributed by atoms with Crippen LogP contribution in [0.1, 0.15) is 83.9 Å². The molecule has 0 aliphatic rings. The Morgan fingerprint density at radius 1 is 0.980 bits per heavy atom. The molecule has 0 fully saturated rings. The molecule has 3 heterocycles. The molecule has 8 heteroatoms. The fourth-order valence-electron chi connectivity index (χ4n) is 6.50. The van der Waals surface area contributed by atoms with Gasteiger partial charge in [0.1, 0.15) is 17.7 Å². The van der Waals surface area contributed by atoms with E-state index in [4.69, 9.17) is 4.42 Å². The van der Waals surface area contributed by atoms with E-state index in [-0.39, 0.29) is 49.3 Å². The van der Waals surface area contributed by atoms with Crippen LogP contribution in [0.4, 0.5) is 4.39 Å². The molecule has 0 aliphatic heterocycles. The van der Waals surface area contributed by atoms with Crippen LogP contribution < -0.4 is 0 Å². The van der Waals surface area contributed by atoms with Crippen molar-refractivity contribution < 1.29 is 38.8 Å². The van der Waals surface area contributed by atoms with Crippen molar-refractivity contribution in [2.75, 3.05) is 0 Å². The maximum Gasteiger partial charge on any atom is 0.162 e. The summed E-state index contributed by atoms with van der Waals surface area (Å²) in [5.41, 5.74) is 6.67. The zero-order valence-electron chi connectivity index (χ0n) is 29.7. The van der Waals surface area contributed by atoms with Gasteiger partial charge >= 0.3 is 0 Å². The van der Waals surface area contributed by atoms with Crippen LogP contribution in [0.5, 0.6) is 0 Å². The molecule has 0 unspecified atom stereocenters. The van der Waals surface area contributed by atoms with Gasteiger partial charge in [-0.3, -0.25) is 9.78 Å². The summed E-state index contributed by atoms with van der Waals surface area (Å²) >= 11 is 1.69.